The minimum absolute atomic E-state index is 0.734. The number of rotatable bonds is 5. The van der Waals surface area contributed by atoms with Crippen molar-refractivity contribution in [2.24, 2.45) is 0 Å². The standard InChI is InChI=1S/C15H23NO/c1-12-7-8-13(2)15(11-12)17-10-9-16-14-5-3-4-6-14/h7-8,11,14,16H,3-6,9-10H2,1-2H3. The van der Waals surface area contributed by atoms with Gasteiger partial charge < -0.3 is 10.1 Å². The Morgan fingerprint density at radius 3 is 2.76 bits per heavy atom. The van der Waals surface area contributed by atoms with Crippen molar-refractivity contribution in [2.45, 2.75) is 45.6 Å². The molecule has 1 aromatic rings. The molecular formula is C15H23NO. The summed E-state index contributed by atoms with van der Waals surface area (Å²) in [6.45, 7) is 5.92. The number of ether oxygens (including phenoxy) is 1. The summed E-state index contributed by atoms with van der Waals surface area (Å²) in [6.07, 6.45) is 5.44. The number of hydrogen-bond acceptors (Lipinski definition) is 2. The average molecular weight is 233 g/mol. The number of nitrogens with one attached hydrogen (secondary N) is 1. The molecule has 2 heteroatoms. The number of benzene rings is 1. The Kier molecular flexibility index (Phi) is 4.43. The quantitative estimate of drug-likeness (QED) is 0.788. The molecule has 0 saturated heterocycles. The predicted octanol–water partition coefficient (Wildman–Crippen LogP) is 3.21. The SMILES string of the molecule is Cc1ccc(C)c(OCCNC2CCCC2)c1. The maximum absolute atomic E-state index is 5.81. The van der Waals surface area contributed by atoms with Crippen molar-refractivity contribution in [3.05, 3.63) is 29.3 Å². The molecule has 1 fully saturated rings. The summed E-state index contributed by atoms with van der Waals surface area (Å²) < 4.78 is 5.81. The summed E-state index contributed by atoms with van der Waals surface area (Å²) in [5.74, 6) is 1.03. The maximum atomic E-state index is 5.81. The minimum Gasteiger partial charge on any atom is -0.492 e. The lowest BCUT2D eigenvalue weighted by Crippen LogP contribution is -2.30. The van der Waals surface area contributed by atoms with E-state index >= 15 is 0 Å². The molecule has 0 atom stereocenters. The van der Waals surface area contributed by atoms with Crippen LogP contribution in [0, 0.1) is 13.8 Å². The molecule has 0 radical (unpaired) electrons. The highest BCUT2D eigenvalue weighted by molar-refractivity contribution is 5.35. The molecule has 0 heterocycles. The summed E-state index contributed by atoms with van der Waals surface area (Å²) in [7, 11) is 0. The molecule has 1 aliphatic rings. The van der Waals surface area contributed by atoms with Gasteiger partial charge in [-0.25, -0.2) is 0 Å². The highest BCUT2D eigenvalue weighted by Gasteiger charge is 2.13. The van der Waals surface area contributed by atoms with E-state index < -0.39 is 0 Å². The van der Waals surface area contributed by atoms with Crippen LogP contribution in [0.1, 0.15) is 36.8 Å². The van der Waals surface area contributed by atoms with E-state index in [0.717, 1.165) is 24.9 Å². The van der Waals surface area contributed by atoms with Crippen molar-refractivity contribution in [2.75, 3.05) is 13.2 Å². The second-order valence-electron chi connectivity index (χ2n) is 5.05. The van der Waals surface area contributed by atoms with Gasteiger partial charge >= 0.3 is 0 Å². The van der Waals surface area contributed by atoms with E-state index in [1.54, 1.807) is 0 Å². The van der Waals surface area contributed by atoms with Gasteiger partial charge in [0.05, 0.1) is 0 Å². The van der Waals surface area contributed by atoms with Crippen molar-refractivity contribution in [1.29, 1.82) is 0 Å². The Morgan fingerprint density at radius 2 is 2.00 bits per heavy atom. The molecule has 94 valence electrons. The molecule has 2 nitrogen and oxygen atoms in total. The number of aryl methyl sites for hydroxylation is 2. The first kappa shape index (κ1) is 12.4. The molecule has 2 rings (SSSR count). The molecule has 0 aromatic heterocycles. The third-order valence-electron chi connectivity index (χ3n) is 3.49. The van der Waals surface area contributed by atoms with E-state index in [-0.39, 0.29) is 0 Å². The molecule has 1 saturated carbocycles. The van der Waals surface area contributed by atoms with Gasteiger partial charge in [-0.3, -0.25) is 0 Å². The van der Waals surface area contributed by atoms with Crippen molar-refractivity contribution < 1.29 is 4.74 Å². The summed E-state index contributed by atoms with van der Waals surface area (Å²) in [6, 6.07) is 7.09. The molecule has 0 bridgehead atoms. The topological polar surface area (TPSA) is 21.3 Å². The first-order valence-corrected chi connectivity index (χ1v) is 6.69. The first-order valence-electron chi connectivity index (χ1n) is 6.69. The Hall–Kier alpha value is -1.02. The van der Waals surface area contributed by atoms with Crippen LogP contribution in [0.2, 0.25) is 0 Å². The van der Waals surface area contributed by atoms with E-state index in [4.69, 9.17) is 4.74 Å². The van der Waals surface area contributed by atoms with Gasteiger partial charge in [0.1, 0.15) is 12.4 Å². The zero-order valence-corrected chi connectivity index (χ0v) is 11.0. The summed E-state index contributed by atoms with van der Waals surface area (Å²) in [5.41, 5.74) is 2.48. The van der Waals surface area contributed by atoms with Gasteiger partial charge in [-0.2, -0.15) is 0 Å². The second-order valence-corrected chi connectivity index (χ2v) is 5.05. The van der Waals surface area contributed by atoms with Gasteiger partial charge in [-0.1, -0.05) is 25.0 Å². The van der Waals surface area contributed by atoms with Crippen molar-refractivity contribution >= 4 is 0 Å². The predicted molar refractivity (Wildman–Crippen MR) is 71.7 cm³/mol. The van der Waals surface area contributed by atoms with Crippen molar-refractivity contribution in [3.8, 4) is 5.75 Å². The Labute approximate surface area is 104 Å². The van der Waals surface area contributed by atoms with Crippen LogP contribution in [0.5, 0.6) is 5.75 Å². The molecule has 1 aliphatic carbocycles. The van der Waals surface area contributed by atoms with Crippen LogP contribution in [-0.4, -0.2) is 19.2 Å². The zero-order valence-electron chi connectivity index (χ0n) is 11.0. The monoisotopic (exact) mass is 233 g/mol. The van der Waals surface area contributed by atoms with Crippen LogP contribution in [-0.2, 0) is 0 Å². The van der Waals surface area contributed by atoms with E-state index in [9.17, 15) is 0 Å². The largest absolute Gasteiger partial charge is 0.492 e. The van der Waals surface area contributed by atoms with Crippen LogP contribution in [0.25, 0.3) is 0 Å². The molecule has 17 heavy (non-hydrogen) atoms. The van der Waals surface area contributed by atoms with Crippen LogP contribution in [0.3, 0.4) is 0 Å². The summed E-state index contributed by atoms with van der Waals surface area (Å²) in [5, 5.41) is 3.56. The Morgan fingerprint density at radius 1 is 1.24 bits per heavy atom. The lowest BCUT2D eigenvalue weighted by molar-refractivity contribution is 0.303. The third-order valence-corrected chi connectivity index (χ3v) is 3.49. The first-order chi connectivity index (χ1) is 8.25. The fraction of sp³-hybridized carbons (Fsp3) is 0.600. The third kappa shape index (κ3) is 3.74. The molecule has 1 aromatic carbocycles. The van der Waals surface area contributed by atoms with E-state index in [1.165, 1.54) is 36.8 Å². The second kappa shape index (κ2) is 6.06. The van der Waals surface area contributed by atoms with Crippen LogP contribution in [0.4, 0.5) is 0 Å². The molecule has 0 aliphatic heterocycles. The molecule has 0 spiro atoms. The van der Waals surface area contributed by atoms with Crippen molar-refractivity contribution in [3.63, 3.8) is 0 Å². The fourth-order valence-electron chi connectivity index (χ4n) is 2.42. The Bertz CT molecular complexity index is 356. The van der Waals surface area contributed by atoms with Gasteiger partial charge in [0, 0.05) is 12.6 Å². The minimum atomic E-state index is 0.734. The van der Waals surface area contributed by atoms with Gasteiger partial charge in [0.2, 0.25) is 0 Å². The molecule has 0 amide bonds. The molecule has 1 N–H and O–H groups in total. The lowest BCUT2D eigenvalue weighted by atomic mass is 10.1. The summed E-state index contributed by atoms with van der Waals surface area (Å²) >= 11 is 0. The lowest BCUT2D eigenvalue weighted by Gasteiger charge is -2.13. The maximum Gasteiger partial charge on any atom is 0.122 e. The van der Waals surface area contributed by atoms with Crippen LogP contribution >= 0.6 is 0 Å². The fourth-order valence-corrected chi connectivity index (χ4v) is 2.42. The van der Waals surface area contributed by atoms with Gasteiger partial charge in [0.15, 0.2) is 0 Å². The zero-order chi connectivity index (χ0) is 12.1. The van der Waals surface area contributed by atoms with Gasteiger partial charge in [-0.15, -0.1) is 0 Å². The smallest absolute Gasteiger partial charge is 0.122 e. The van der Waals surface area contributed by atoms with E-state index in [2.05, 4.69) is 37.4 Å². The summed E-state index contributed by atoms with van der Waals surface area (Å²) in [4.78, 5) is 0. The molecular weight excluding hydrogens is 210 g/mol. The van der Waals surface area contributed by atoms with E-state index in [1.807, 2.05) is 0 Å². The number of hydrogen-bond donors (Lipinski definition) is 1. The van der Waals surface area contributed by atoms with Crippen LogP contribution < -0.4 is 10.1 Å². The Balaban J connectivity index is 1.72. The van der Waals surface area contributed by atoms with Gasteiger partial charge in [0.25, 0.3) is 0 Å². The van der Waals surface area contributed by atoms with Gasteiger partial charge in [-0.05, 0) is 43.9 Å². The average Bonchev–Trinajstić information content (AvgIpc) is 2.82. The van der Waals surface area contributed by atoms with Crippen LogP contribution in [0.15, 0.2) is 18.2 Å². The highest BCUT2D eigenvalue weighted by Crippen LogP contribution is 2.19. The highest BCUT2D eigenvalue weighted by atomic mass is 16.5. The normalized spacial score (nSPS) is 16.4. The van der Waals surface area contributed by atoms with Crippen molar-refractivity contribution in [1.82, 2.24) is 5.32 Å². The molecule has 0 unspecified atom stereocenters. The van der Waals surface area contributed by atoms with E-state index in [0.29, 0.717) is 0 Å².